The molecule has 1 rings (SSSR count). The first-order valence-corrected chi connectivity index (χ1v) is 6.89. The summed E-state index contributed by atoms with van der Waals surface area (Å²) in [6, 6.07) is 3.67. The van der Waals surface area contributed by atoms with Gasteiger partial charge in [0.25, 0.3) is 0 Å². The Morgan fingerprint density at radius 2 is 2.00 bits per heavy atom. The Bertz CT molecular complexity index is 211. The second-order valence-electron chi connectivity index (χ2n) is 5.29. The number of hydrogen-bond donors (Lipinski definition) is 1. The smallest absolute Gasteiger partial charge is 0.0624 e. The molecule has 2 nitrogen and oxygen atoms in total. The van der Waals surface area contributed by atoms with Crippen LogP contribution in [-0.4, -0.2) is 12.1 Å². The minimum atomic E-state index is 0.664. The van der Waals surface area contributed by atoms with E-state index in [0.29, 0.717) is 18.0 Å². The number of hydrogen-bond acceptors (Lipinski definition) is 2. The highest BCUT2D eigenvalue weighted by Gasteiger charge is 2.21. The van der Waals surface area contributed by atoms with Crippen molar-refractivity contribution in [1.29, 1.82) is 5.26 Å². The van der Waals surface area contributed by atoms with Crippen LogP contribution < -0.4 is 5.32 Å². The third-order valence-electron chi connectivity index (χ3n) is 3.74. The molecule has 0 bridgehead atoms. The Balaban J connectivity index is 2.14. The highest BCUT2D eigenvalue weighted by Crippen LogP contribution is 2.26. The lowest BCUT2D eigenvalue weighted by molar-refractivity contribution is 0.275. The highest BCUT2D eigenvalue weighted by molar-refractivity contribution is 4.84. The number of nitriles is 1. The van der Waals surface area contributed by atoms with E-state index in [-0.39, 0.29) is 0 Å². The topological polar surface area (TPSA) is 35.8 Å². The second kappa shape index (κ2) is 7.68. The molecule has 2 heteroatoms. The zero-order chi connectivity index (χ0) is 11.8. The van der Waals surface area contributed by atoms with Crippen molar-refractivity contribution in [1.82, 2.24) is 5.32 Å². The summed E-state index contributed by atoms with van der Waals surface area (Å²) in [6.07, 6.45) is 9.70. The van der Waals surface area contributed by atoms with Crippen LogP contribution in [0.5, 0.6) is 0 Å². The van der Waals surface area contributed by atoms with Crippen molar-refractivity contribution in [2.45, 2.75) is 77.3 Å². The summed E-state index contributed by atoms with van der Waals surface area (Å²) >= 11 is 0. The van der Waals surface area contributed by atoms with Gasteiger partial charge < -0.3 is 5.32 Å². The van der Waals surface area contributed by atoms with Crippen molar-refractivity contribution in [3.8, 4) is 6.07 Å². The zero-order valence-corrected chi connectivity index (χ0v) is 10.8. The average molecular weight is 222 g/mol. The summed E-state index contributed by atoms with van der Waals surface area (Å²) in [5.74, 6) is 0.675. The van der Waals surface area contributed by atoms with Crippen LogP contribution >= 0.6 is 0 Å². The van der Waals surface area contributed by atoms with E-state index in [2.05, 4.69) is 25.2 Å². The fourth-order valence-corrected chi connectivity index (χ4v) is 2.66. The van der Waals surface area contributed by atoms with Crippen molar-refractivity contribution in [3.63, 3.8) is 0 Å². The first kappa shape index (κ1) is 13.5. The molecule has 0 radical (unpaired) electrons. The minimum absolute atomic E-state index is 0.664. The maximum Gasteiger partial charge on any atom is 0.0624 e. The SMILES string of the molecule is CCCCC(C)NC1CCC(CC#N)CC1. The van der Waals surface area contributed by atoms with Crippen molar-refractivity contribution in [3.05, 3.63) is 0 Å². The molecule has 0 spiro atoms. The van der Waals surface area contributed by atoms with Crippen molar-refractivity contribution < 1.29 is 0 Å². The van der Waals surface area contributed by atoms with E-state index >= 15 is 0 Å². The van der Waals surface area contributed by atoms with E-state index in [1.54, 1.807) is 0 Å². The largest absolute Gasteiger partial charge is 0.312 e. The summed E-state index contributed by atoms with van der Waals surface area (Å²) in [5, 5.41) is 12.4. The molecule has 1 unspecified atom stereocenters. The Morgan fingerprint density at radius 3 is 2.56 bits per heavy atom. The van der Waals surface area contributed by atoms with Gasteiger partial charge in [0, 0.05) is 18.5 Å². The lowest BCUT2D eigenvalue weighted by atomic mass is 9.84. The number of nitrogens with one attached hydrogen (secondary N) is 1. The van der Waals surface area contributed by atoms with Crippen molar-refractivity contribution in [2.24, 2.45) is 5.92 Å². The van der Waals surface area contributed by atoms with Crippen LogP contribution in [0.2, 0.25) is 0 Å². The molecule has 1 N–H and O–H groups in total. The van der Waals surface area contributed by atoms with Gasteiger partial charge in [0.2, 0.25) is 0 Å². The Hall–Kier alpha value is -0.550. The molecule has 16 heavy (non-hydrogen) atoms. The highest BCUT2D eigenvalue weighted by atomic mass is 14.9. The summed E-state index contributed by atoms with van der Waals surface area (Å²) in [4.78, 5) is 0. The second-order valence-corrected chi connectivity index (χ2v) is 5.29. The third kappa shape index (κ3) is 4.99. The molecule has 0 aliphatic heterocycles. The standard InChI is InChI=1S/C14H26N2/c1-3-4-5-12(2)16-14-8-6-13(7-9-14)10-11-15/h12-14,16H,3-10H2,1-2H3. The van der Waals surface area contributed by atoms with Gasteiger partial charge in [-0.25, -0.2) is 0 Å². The number of unbranched alkanes of at least 4 members (excludes halogenated alkanes) is 1. The fourth-order valence-electron chi connectivity index (χ4n) is 2.66. The molecule has 1 fully saturated rings. The van der Waals surface area contributed by atoms with Crippen LogP contribution in [0.4, 0.5) is 0 Å². The first-order chi connectivity index (χ1) is 7.76. The molecule has 0 heterocycles. The molecule has 92 valence electrons. The summed E-state index contributed by atoms with van der Waals surface area (Å²) in [6.45, 7) is 4.55. The van der Waals surface area contributed by atoms with E-state index in [4.69, 9.17) is 5.26 Å². The van der Waals surface area contributed by atoms with Gasteiger partial charge in [-0.1, -0.05) is 19.8 Å². The van der Waals surface area contributed by atoms with E-state index < -0.39 is 0 Å². The molecule has 0 aromatic heterocycles. The van der Waals surface area contributed by atoms with Gasteiger partial charge in [-0.05, 0) is 44.9 Å². The zero-order valence-electron chi connectivity index (χ0n) is 10.8. The first-order valence-electron chi connectivity index (χ1n) is 6.89. The lowest BCUT2D eigenvalue weighted by Crippen LogP contribution is -2.39. The molecule has 1 saturated carbocycles. The van der Waals surface area contributed by atoms with E-state index in [1.807, 2.05) is 0 Å². The van der Waals surface area contributed by atoms with Crippen LogP contribution in [0.3, 0.4) is 0 Å². The van der Waals surface area contributed by atoms with Gasteiger partial charge in [-0.2, -0.15) is 5.26 Å². The van der Waals surface area contributed by atoms with Crippen LogP contribution in [0.25, 0.3) is 0 Å². The normalized spacial score (nSPS) is 27.3. The van der Waals surface area contributed by atoms with E-state index in [0.717, 1.165) is 6.42 Å². The molecule has 1 aliphatic carbocycles. The van der Waals surface area contributed by atoms with Gasteiger partial charge >= 0.3 is 0 Å². The van der Waals surface area contributed by atoms with Gasteiger partial charge in [-0.3, -0.25) is 0 Å². The quantitative estimate of drug-likeness (QED) is 0.745. The maximum atomic E-state index is 8.66. The molecular formula is C14H26N2. The van der Waals surface area contributed by atoms with Gasteiger partial charge in [0.05, 0.1) is 6.07 Å². The predicted octanol–water partition coefficient (Wildman–Crippen LogP) is 3.63. The summed E-state index contributed by atoms with van der Waals surface area (Å²) in [5.41, 5.74) is 0. The van der Waals surface area contributed by atoms with Gasteiger partial charge in [-0.15, -0.1) is 0 Å². The molecule has 1 aliphatic rings. The average Bonchev–Trinajstić information content (AvgIpc) is 2.29. The summed E-state index contributed by atoms with van der Waals surface area (Å²) in [7, 11) is 0. The number of rotatable bonds is 6. The van der Waals surface area contributed by atoms with Crippen molar-refractivity contribution in [2.75, 3.05) is 0 Å². The summed E-state index contributed by atoms with van der Waals surface area (Å²) < 4.78 is 0. The monoisotopic (exact) mass is 222 g/mol. The fraction of sp³-hybridized carbons (Fsp3) is 0.929. The number of nitrogens with zero attached hydrogens (tertiary/aromatic N) is 1. The van der Waals surface area contributed by atoms with Crippen LogP contribution in [0.1, 0.15) is 65.2 Å². The molecule has 1 atom stereocenters. The van der Waals surface area contributed by atoms with E-state index in [9.17, 15) is 0 Å². The Labute approximate surface area is 100 Å². The molecule has 0 aromatic carbocycles. The Morgan fingerprint density at radius 1 is 1.31 bits per heavy atom. The van der Waals surface area contributed by atoms with E-state index in [1.165, 1.54) is 44.9 Å². The third-order valence-corrected chi connectivity index (χ3v) is 3.74. The molecule has 0 saturated heterocycles. The lowest BCUT2D eigenvalue weighted by Gasteiger charge is -2.30. The Kier molecular flexibility index (Phi) is 6.49. The van der Waals surface area contributed by atoms with Gasteiger partial charge in [0.15, 0.2) is 0 Å². The van der Waals surface area contributed by atoms with Crippen LogP contribution in [-0.2, 0) is 0 Å². The van der Waals surface area contributed by atoms with Crippen LogP contribution in [0.15, 0.2) is 0 Å². The minimum Gasteiger partial charge on any atom is -0.312 e. The van der Waals surface area contributed by atoms with Crippen molar-refractivity contribution >= 4 is 0 Å². The van der Waals surface area contributed by atoms with Crippen LogP contribution in [0, 0.1) is 17.2 Å². The maximum absolute atomic E-state index is 8.66. The molecular weight excluding hydrogens is 196 g/mol. The predicted molar refractivity (Wildman–Crippen MR) is 68.1 cm³/mol. The van der Waals surface area contributed by atoms with Gasteiger partial charge in [0.1, 0.15) is 0 Å². The molecule has 0 aromatic rings. The molecule has 0 amide bonds.